The Morgan fingerprint density at radius 1 is 1.53 bits per heavy atom. The van der Waals surface area contributed by atoms with Crippen LogP contribution in [-0.4, -0.2) is 28.7 Å². The maximum absolute atomic E-state index is 12.5. The number of amides is 1. The van der Waals surface area contributed by atoms with Gasteiger partial charge in [0.1, 0.15) is 0 Å². The predicted molar refractivity (Wildman–Crippen MR) is 76.1 cm³/mol. The van der Waals surface area contributed by atoms with Crippen molar-refractivity contribution in [1.29, 1.82) is 0 Å². The Labute approximate surface area is 115 Å². The van der Waals surface area contributed by atoms with E-state index < -0.39 is 0 Å². The SMILES string of the molecule is Cc1ccsc1C(=O)N(CCBr)C1CCCC1. The van der Waals surface area contributed by atoms with Crippen molar-refractivity contribution in [2.75, 3.05) is 11.9 Å². The summed E-state index contributed by atoms with van der Waals surface area (Å²) in [5, 5.41) is 2.86. The van der Waals surface area contributed by atoms with E-state index in [1.807, 2.05) is 18.4 Å². The fraction of sp³-hybridized carbons (Fsp3) is 0.615. The van der Waals surface area contributed by atoms with Gasteiger partial charge in [-0.15, -0.1) is 11.3 Å². The maximum Gasteiger partial charge on any atom is 0.264 e. The summed E-state index contributed by atoms with van der Waals surface area (Å²) < 4.78 is 0. The number of carbonyl (C=O) groups is 1. The van der Waals surface area contributed by atoms with Gasteiger partial charge >= 0.3 is 0 Å². The molecule has 1 aromatic rings. The lowest BCUT2D eigenvalue weighted by Gasteiger charge is -2.28. The average Bonchev–Trinajstić information content (AvgIpc) is 2.95. The molecule has 0 aromatic carbocycles. The lowest BCUT2D eigenvalue weighted by molar-refractivity contribution is 0.0700. The summed E-state index contributed by atoms with van der Waals surface area (Å²) >= 11 is 5.02. The number of nitrogens with zero attached hydrogens (tertiary/aromatic N) is 1. The highest BCUT2D eigenvalue weighted by molar-refractivity contribution is 9.09. The van der Waals surface area contributed by atoms with Crippen molar-refractivity contribution >= 4 is 33.2 Å². The summed E-state index contributed by atoms with van der Waals surface area (Å²) in [4.78, 5) is 15.5. The first-order valence-electron chi connectivity index (χ1n) is 6.15. The Balaban J connectivity index is 2.15. The molecular weight excluding hydrogens is 298 g/mol. The zero-order valence-corrected chi connectivity index (χ0v) is 12.5. The van der Waals surface area contributed by atoms with Gasteiger partial charge in [-0.25, -0.2) is 0 Å². The third-order valence-electron chi connectivity index (χ3n) is 3.41. The second-order valence-electron chi connectivity index (χ2n) is 4.56. The van der Waals surface area contributed by atoms with Gasteiger partial charge in [-0.2, -0.15) is 0 Å². The average molecular weight is 316 g/mol. The van der Waals surface area contributed by atoms with Gasteiger partial charge in [-0.05, 0) is 36.8 Å². The molecule has 17 heavy (non-hydrogen) atoms. The molecule has 1 fully saturated rings. The third kappa shape index (κ3) is 2.91. The van der Waals surface area contributed by atoms with Crippen LogP contribution < -0.4 is 0 Å². The molecule has 1 saturated carbocycles. The summed E-state index contributed by atoms with van der Waals surface area (Å²) in [7, 11) is 0. The summed E-state index contributed by atoms with van der Waals surface area (Å²) in [6.07, 6.45) is 4.87. The molecule has 1 heterocycles. The van der Waals surface area contributed by atoms with E-state index >= 15 is 0 Å². The van der Waals surface area contributed by atoms with Crippen molar-refractivity contribution in [1.82, 2.24) is 4.90 Å². The minimum absolute atomic E-state index is 0.226. The van der Waals surface area contributed by atoms with Crippen LogP contribution in [0.3, 0.4) is 0 Å². The Morgan fingerprint density at radius 2 is 2.24 bits per heavy atom. The van der Waals surface area contributed by atoms with Crippen LogP contribution in [-0.2, 0) is 0 Å². The van der Waals surface area contributed by atoms with E-state index in [1.165, 1.54) is 25.7 Å². The molecule has 0 N–H and O–H groups in total. The predicted octanol–water partition coefficient (Wildman–Crippen LogP) is 3.84. The number of rotatable bonds is 4. The minimum Gasteiger partial charge on any atom is -0.334 e. The monoisotopic (exact) mass is 315 g/mol. The standard InChI is InChI=1S/C13H18BrNOS/c1-10-6-9-17-12(10)13(16)15(8-7-14)11-4-2-3-5-11/h6,9,11H,2-5,7-8H2,1H3. The van der Waals surface area contributed by atoms with Gasteiger partial charge in [-0.1, -0.05) is 28.8 Å². The zero-order valence-electron chi connectivity index (χ0n) is 10.1. The van der Waals surface area contributed by atoms with Gasteiger partial charge in [0.25, 0.3) is 5.91 Å². The summed E-state index contributed by atoms with van der Waals surface area (Å²) in [5.41, 5.74) is 1.11. The normalized spacial score (nSPS) is 16.4. The van der Waals surface area contributed by atoms with E-state index in [9.17, 15) is 4.79 Å². The fourth-order valence-corrected chi connectivity index (χ4v) is 3.74. The van der Waals surface area contributed by atoms with E-state index in [0.29, 0.717) is 6.04 Å². The molecule has 0 aliphatic heterocycles. The van der Waals surface area contributed by atoms with Gasteiger partial charge in [0.15, 0.2) is 0 Å². The number of thiophene rings is 1. The van der Waals surface area contributed by atoms with Gasteiger partial charge in [-0.3, -0.25) is 4.79 Å². The van der Waals surface area contributed by atoms with Crippen LogP contribution in [0.4, 0.5) is 0 Å². The lowest BCUT2D eigenvalue weighted by atomic mass is 10.2. The number of halogens is 1. The third-order valence-corrected chi connectivity index (χ3v) is 4.77. The first-order valence-corrected chi connectivity index (χ1v) is 8.15. The van der Waals surface area contributed by atoms with Crippen molar-refractivity contribution in [3.05, 3.63) is 21.9 Å². The van der Waals surface area contributed by atoms with Crippen LogP contribution in [0.1, 0.15) is 40.9 Å². The number of hydrogen-bond acceptors (Lipinski definition) is 2. The first kappa shape index (κ1) is 13.1. The molecule has 94 valence electrons. The quantitative estimate of drug-likeness (QED) is 0.773. The molecule has 1 aliphatic carbocycles. The van der Waals surface area contributed by atoms with Crippen molar-refractivity contribution in [3.63, 3.8) is 0 Å². The highest BCUT2D eigenvalue weighted by atomic mass is 79.9. The Hall–Kier alpha value is -0.350. The molecule has 2 rings (SSSR count). The van der Waals surface area contributed by atoms with Crippen LogP contribution in [0.2, 0.25) is 0 Å². The van der Waals surface area contributed by atoms with E-state index in [0.717, 1.165) is 22.3 Å². The number of alkyl halides is 1. The highest BCUT2D eigenvalue weighted by Crippen LogP contribution is 2.27. The minimum atomic E-state index is 0.226. The summed E-state index contributed by atoms with van der Waals surface area (Å²) in [6, 6.07) is 2.49. The molecule has 1 aliphatic rings. The molecule has 1 aromatic heterocycles. The van der Waals surface area contributed by atoms with Crippen LogP contribution in [0.25, 0.3) is 0 Å². The van der Waals surface area contributed by atoms with Crippen molar-refractivity contribution in [2.45, 2.75) is 38.6 Å². The topological polar surface area (TPSA) is 20.3 Å². The molecule has 2 nitrogen and oxygen atoms in total. The fourth-order valence-electron chi connectivity index (χ4n) is 2.48. The Morgan fingerprint density at radius 3 is 2.76 bits per heavy atom. The largest absolute Gasteiger partial charge is 0.334 e. The van der Waals surface area contributed by atoms with E-state index in [2.05, 4.69) is 20.8 Å². The van der Waals surface area contributed by atoms with E-state index in [-0.39, 0.29) is 5.91 Å². The van der Waals surface area contributed by atoms with Gasteiger partial charge in [0.05, 0.1) is 4.88 Å². The zero-order chi connectivity index (χ0) is 12.3. The molecule has 4 heteroatoms. The van der Waals surface area contributed by atoms with Gasteiger partial charge < -0.3 is 4.90 Å². The van der Waals surface area contributed by atoms with Crippen LogP contribution in [0.15, 0.2) is 11.4 Å². The molecular formula is C13H18BrNOS. The van der Waals surface area contributed by atoms with Crippen molar-refractivity contribution < 1.29 is 4.79 Å². The second kappa shape index (κ2) is 6.01. The van der Waals surface area contributed by atoms with E-state index in [1.54, 1.807) is 11.3 Å². The molecule has 0 spiro atoms. The van der Waals surface area contributed by atoms with Crippen molar-refractivity contribution in [2.24, 2.45) is 0 Å². The van der Waals surface area contributed by atoms with Gasteiger partial charge in [0, 0.05) is 17.9 Å². The smallest absolute Gasteiger partial charge is 0.264 e. The van der Waals surface area contributed by atoms with Gasteiger partial charge in [0.2, 0.25) is 0 Å². The Bertz CT molecular complexity index is 385. The number of aryl methyl sites for hydroxylation is 1. The molecule has 0 atom stereocenters. The Kier molecular flexibility index (Phi) is 4.62. The maximum atomic E-state index is 12.5. The molecule has 1 amide bonds. The lowest BCUT2D eigenvalue weighted by Crippen LogP contribution is -2.40. The van der Waals surface area contributed by atoms with Crippen LogP contribution in [0, 0.1) is 6.92 Å². The molecule has 0 radical (unpaired) electrons. The second-order valence-corrected chi connectivity index (χ2v) is 6.27. The van der Waals surface area contributed by atoms with Crippen LogP contribution >= 0.6 is 27.3 Å². The highest BCUT2D eigenvalue weighted by Gasteiger charge is 2.28. The summed E-state index contributed by atoms with van der Waals surface area (Å²) in [5.74, 6) is 0.226. The van der Waals surface area contributed by atoms with Crippen molar-refractivity contribution in [3.8, 4) is 0 Å². The number of carbonyl (C=O) groups excluding carboxylic acids is 1. The molecule has 0 unspecified atom stereocenters. The van der Waals surface area contributed by atoms with Crippen LogP contribution in [0.5, 0.6) is 0 Å². The first-order chi connectivity index (χ1) is 8.24. The van der Waals surface area contributed by atoms with E-state index in [4.69, 9.17) is 0 Å². The molecule has 0 bridgehead atoms. The molecule has 0 saturated heterocycles. The summed E-state index contributed by atoms with van der Waals surface area (Å²) in [6.45, 7) is 2.84. The number of hydrogen-bond donors (Lipinski definition) is 0.